The molecule has 0 aromatic heterocycles. The van der Waals surface area contributed by atoms with Crippen molar-refractivity contribution in [3.63, 3.8) is 0 Å². The maximum absolute atomic E-state index is 12.4. The van der Waals surface area contributed by atoms with Crippen molar-refractivity contribution in [2.75, 3.05) is 20.8 Å². The van der Waals surface area contributed by atoms with Gasteiger partial charge < -0.3 is 14.2 Å². The quantitative estimate of drug-likeness (QED) is 0.608. The lowest BCUT2D eigenvalue weighted by Crippen LogP contribution is -2.19. The molecular weight excluding hydrogens is 332 g/mol. The van der Waals surface area contributed by atoms with Crippen LogP contribution in [-0.4, -0.2) is 32.4 Å². The molecule has 6 nitrogen and oxygen atoms in total. The number of nitrogens with one attached hydrogen (secondary N) is 1. The van der Waals surface area contributed by atoms with Crippen LogP contribution in [0, 0.1) is 6.92 Å². The molecule has 0 heterocycles. The Balaban J connectivity index is 2.19. The smallest absolute Gasteiger partial charge is 0.271 e. The van der Waals surface area contributed by atoms with Gasteiger partial charge in [0.1, 0.15) is 5.75 Å². The van der Waals surface area contributed by atoms with Crippen molar-refractivity contribution in [3.05, 3.63) is 53.1 Å². The molecule has 0 atom stereocenters. The fourth-order valence-electron chi connectivity index (χ4n) is 2.45. The Labute approximate surface area is 153 Å². The van der Waals surface area contributed by atoms with Gasteiger partial charge in [-0.05, 0) is 51.1 Å². The number of carbonyl (C=O) groups excluding carboxylic acids is 1. The highest BCUT2D eigenvalue weighted by Crippen LogP contribution is 2.28. The number of hydrazone groups is 1. The van der Waals surface area contributed by atoms with Gasteiger partial charge in [0.25, 0.3) is 5.91 Å². The number of benzene rings is 2. The summed E-state index contributed by atoms with van der Waals surface area (Å²) in [5.74, 6) is 1.46. The molecule has 0 unspecified atom stereocenters. The molecule has 0 aliphatic heterocycles. The van der Waals surface area contributed by atoms with Gasteiger partial charge in [0.05, 0.1) is 26.5 Å². The van der Waals surface area contributed by atoms with Crippen LogP contribution in [0.2, 0.25) is 0 Å². The summed E-state index contributed by atoms with van der Waals surface area (Å²) in [7, 11) is 3.14. The molecule has 138 valence electrons. The highest BCUT2D eigenvalue weighted by Gasteiger charge is 2.12. The summed E-state index contributed by atoms with van der Waals surface area (Å²) in [6, 6.07) is 10.8. The van der Waals surface area contributed by atoms with Gasteiger partial charge in [0.15, 0.2) is 11.5 Å². The molecule has 2 aromatic rings. The Morgan fingerprint density at radius 3 is 2.38 bits per heavy atom. The van der Waals surface area contributed by atoms with E-state index >= 15 is 0 Å². The van der Waals surface area contributed by atoms with E-state index in [2.05, 4.69) is 10.5 Å². The lowest BCUT2D eigenvalue weighted by atomic mass is 10.1. The zero-order valence-electron chi connectivity index (χ0n) is 15.8. The first-order valence-electron chi connectivity index (χ1n) is 8.30. The minimum absolute atomic E-state index is 0.336. The van der Waals surface area contributed by atoms with Gasteiger partial charge in [-0.1, -0.05) is 11.6 Å². The number of amides is 1. The normalized spacial score (nSPS) is 11.0. The van der Waals surface area contributed by atoms with Gasteiger partial charge in [-0.3, -0.25) is 4.79 Å². The standard InChI is InChI=1S/C20H24N2O4/c1-6-26-18-10-8-15(12-19(18)25-5)20(23)22-21-14(3)16-11-13(2)7-9-17(16)24-4/h7-12H,6H2,1-5H3,(H,22,23)/b21-14-. The third kappa shape index (κ3) is 4.53. The molecule has 0 saturated heterocycles. The first-order chi connectivity index (χ1) is 12.5. The Morgan fingerprint density at radius 2 is 1.73 bits per heavy atom. The van der Waals surface area contributed by atoms with E-state index in [9.17, 15) is 4.79 Å². The summed E-state index contributed by atoms with van der Waals surface area (Å²) < 4.78 is 16.1. The summed E-state index contributed by atoms with van der Waals surface area (Å²) >= 11 is 0. The Bertz CT molecular complexity index is 815. The maximum Gasteiger partial charge on any atom is 0.271 e. The molecule has 0 fully saturated rings. The van der Waals surface area contributed by atoms with Gasteiger partial charge in [-0.2, -0.15) is 5.10 Å². The van der Waals surface area contributed by atoms with E-state index in [1.807, 2.05) is 39.0 Å². The first kappa shape index (κ1) is 19.3. The van der Waals surface area contributed by atoms with Crippen molar-refractivity contribution in [2.24, 2.45) is 5.10 Å². The average Bonchev–Trinajstić information content (AvgIpc) is 2.66. The van der Waals surface area contributed by atoms with Crippen LogP contribution >= 0.6 is 0 Å². The fourth-order valence-corrected chi connectivity index (χ4v) is 2.45. The van der Waals surface area contributed by atoms with Crippen molar-refractivity contribution in [2.45, 2.75) is 20.8 Å². The van der Waals surface area contributed by atoms with Gasteiger partial charge in [0.2, 0.25) is 0 Å². The van der Waals surface area contributed by atoms with Crippen molar-refractivity contribution in [1.29, 1.82) is 0 Å². The second kappa shape index (κ2) is 8.89. The lowest BCUT2D eigenvalue weighted by Gasteiger charge is -2.11. The number of carbonyl (C=O) groups is 1. The van der Waals surface area contributed by atoms with E-state index in [-0.39, 0.29) is 5.91 Å². The van der Waals surface area contributed by atoms with Crippen molar-refractivity contribution in [3.8, 4) is 17.2 Å². The molecule has 2 rings (SSSR count). The van der Waals surface area contributed by atoms with Crippen molar-refractivity contribution >= 4 is 11.6 Å². The SMILES string of the molecule is CCOc1ccc(C(=O)N/N=C(/C)c2cc(C)ccc2OC)cc1OC. The van der Waals surface area contributed by atoms with Gasteiger partial charge in [-0.15, -0.1) is 0 Å². The van der Waals surface area contributed by atoms with Crippen LogP contribution in [0.15, 0.2) is 41.5 Å². The number of aryl methyl sites for hydroxylation is 1. The first-order valence-corrected chi connectivity index (χ1v) is 8.30. The van der Waals surface area contributed by atoms with E-state index in [1.54, 1.807) is 25.3 Å². The topological polar surface area (TPSA) is 69.2 Å². The van der Waals surface area contributed by atoms with E-state index in [1.165, 1.54) is 7.11 Å². The van der Waals surface area contributed by atoms with Gasteiger partial charge in [-0.25, -0.2) is 5.43 Å². The van der Waals surface area contributed by atoms with Gasteiger partial charge >= 0.3 is 0 Å². The molecule has 0 spiro atoms. The number of ether oxygens (including phenoxy) is 3. The highest BCUT2D eigenvalue weighted by molar-refractivity contribution is 6.03. The number of hydrogen-bond acceptors (Lipinski definition) is 5. The van der Waals surface area contributed by atoms with Crippen LogP contribution < -0.4 is 19.6 Å². The Kier molecular flexibility index (Phi) is 6.60. The Hall–Kier alpha value is -3.02. The van der Waals surface area contributed by atoms with Crippen LogP contribution in [0.3, 0.4) is 0 Å². The van der Waals surface area contributed by atoms with Gasteiger partial charge in [0, 0.05) is 11.1 Å². The molecule has 26 heavy (non-hydrogen) atoms. The number of hydrogen-bond donors (Lipinski definition) is 1. The molecule has 0 aliphatic carbocycles. The number of methoxy groups -OCH3 is 2. The summed E-state index contributed by atoms with van der Waals surface area (Å²) in [5.41, 5.74) is 5.56. The zero-order valence-corrected chi connectivity index (χ0v) is 15.8. The predicted octanol–water partition coefficient (Wildman–Crippen LogP) is 3.56. The average molecular weight is 356 g/mol. The monoisotopic (exact) mass is 356 g/mol. The van der Waals surface area contributed by atoms with Crippen molar-refractivity contribution < 1.29 is 19.0 Å². The van der Waals surface area contributed by atoms with Crippen LogP contribution in [0.25, 0.3) is 0 Å². The molecule has 1 amide bonds. The van der Waals surface area contributed by atoms with Crippen LogP contribution in [0.5, 0.6) is 17.2 Å². The molecular formula is C20H24N2O4. The fraction of sp³-hybridized carbons (Fsp3) is 0.300. The Morgan fingerprint density at radius 1 is 1.04 bits per heavy atom. The third-order valence-electron chi connectivity index (χ3n) is 3.80. The van der Waals surface area contributed by atoms with Crippen LogP contribution in [-0.2, 0) is 0 Å². The number of nitrogens with zero attached hydrogens (tertiary/aromatic N) is 1. The second-order valence-corrected chi connectivity index (χ2v) is 5.64. The second-order valence-electron chi connectivity index (χ2n) is 5.64. The van der Waals surface area contributed by atoms with E-state index < -0.39 is 0 Å². The van der Waals surface area contributed by atoms with Crippen LogP contribution in [0.4, 0.5) is 0 Å². The lowest BCUT2D eigenvalue weighted by molar-refractivity contribution is 0.0954. The minimum atomic E-state index is -0.336. The van der Waals surface area contributed by atoms with E-state index in [0.717, 1.165) is 11.1 Å². The van der Waals surface area contributed by atoms with Crippen LogP contribution in [0.1, 0.15) is 35.3 Å². The summed E-state index contributed by atoms with van der Waals surface area (Å²) in [6.45, 7) is 6.21. The molecule has 1 N–H and O–H groups in total. The molecule has 0 bridgehead atoms. The van der Waals surface area contributed by atoms with Crippen molar-refractivity contribution in [1.82, 2.24) is 5.43 Å². The zero-order chi connectivity index (χ0) is 19.1. The van der Waals surface area contributed by atoms with E-state index in [0.29, 0.717) is 35.1 Å². The predicted molar refractivity (Wildman–Crippen MR) is 102 cm³/mol. The third-order valence-corrected chi connectivity index (χ3v) is 3.80. The summed E-state index contributed by atoms with van der Waals surface area (Å²) in [5, 5.41) is 4.20. The molecule has 0 aliphatic rings. The number of rotatable bonds is 7. The molecule has 0 radical (unpaired) electrons. The maximum atomic E-state index is 12.4. The molecule has 2 aromatic carbocycles. The highest BCUT2D eigenvalue weighted by atomic mass is 16.5. The minimum Gasteiger partial charge on any atom is -0.496 e. The summed E-state index contributed by atoms with van der Waals surface area (Å²) in [4.78, 5) is 12.4. The molecule has 0 saturated carbocycles. The van der Waals surface area contributed by atoms with E-state index in [4.69, 9.17) is 14.2 Å². The molecule has 6 heteroatoms. The summed E-state index contributed by atoms with van der Waals surface area (Å²) in [6.07, 6.45) is 0. The largest absolute Gasteiger partial charge is 0.496 e.